The largest absolute Gasteiger partial charge is 0.472 e. The van der Waals surface area contributed by atoms with Gasteiger partial charge in [-0.3, -0.25) is 24.0 Å². The number of rotatable bonds is 34. The smallest absolute Gasteiger partial charge is 0.463 e. The van der Waals surface area contributed by atoms with Gasteiger partial charge >= 0.3 is 19.8 Å². The number of phosphoric ester groups is 1. The molecule has 2 N–H and O–H groups in total. The third-order valence-electron chi connectivity index (χ3n) is 8.64. The van der Waals surface area contributed by atoms with E-state index in [0.29, 0.717) is 12.8 Å². The molecule has 0 aromatic heterocycles. The average Bonchev–Trinajstić information content (AvgIpc) is 3.75. The van der Waals surface area contributed by atoms with E-state index in [1.807, 2.05) is 0 Å². The van der Waals surface area contributed by atoms with Gasteiger partial charge in [-0.15, -0.1) is 0 Å². The Morgan fingerprint density at radius 2 is 1.06 bits per heavy atom. The highest BCUT2D eigenvalue weighted by Gasteiger charge is 2.59. The molecule has 48 heavy (non-hydrogen) atoms. The predicted molar refractivity (Wildman–Crippen MR) is 195 cm³/mol. The van der Waals surface area contributed by atoms with Gasteiger partial charge in [-0.1, -0.05) is 115 Å². The van der Waals surface area contributed by atoms with Gasteiger partial charge in [0.05, 0.1) is 13.2 Å². The molecule has 1 saturated heterocycles. The molecule has 0 aliphatic carbocycles. The van der Waals surface area contributed by atoms with Gasteiger partial charge in [0.25, 0.3) is 0 Å². The first-order chi connectivity index (χ1) is 23.3. The maximum Gasteiger partial charge on any atom is 0.472 e. The van der Waals surface area contributed by atoms with E-state index in [1.54, 1.807) is 6.92 Å². The van der Waals surface area contributed by atoms with Gasteiger partial charge < -0.3 is 14.4 Å². The van der Waals surface area contributed by atoms with Crippen molar-refractivity contribution in [3.05, 3.63) is 24.3 Å². The summed E-state index contributed by atoms with van der Waals surface area (Å²) in [7, 11) is -4.27. The van der Waals surface area contributed by atoms with Gasteiger partial charge in [0.2, 0.25) is 0 Å². The van der Waals surface area contributed by atoms with Crippen LogP contribution in [0.3, 0.4) is 0 Å². The van der Waals surface area contributed by atoms with Gasteiger partial charge in [-0.2, -0.15) is 0 Å². The van der Waals surface area contributed by atoms with Gasteiger partial charge in [-0.25, -0.2) is 4.57 Å². The minimum absolute atomic E-state index is 0.00720. The number of allylic oxidation sites excluding steroid dienone is 4. The number of unbranched alkanes of at least 4 members (excludes halogenated alkanes) is 18. The van der Waals surface area contributed by atoms with Crippen LogP contribution in [0.25, 0.3) is 0 Å². The SMILES string of the molecule is CCCCCC/C=C\CCCCCCCC(=O)OC[C@@]1(COP(=O)(O)OCC)NC1OC(=O)CCCCCCC/C=C\CCCCCC. The van der Waals surface area contributed by atoms with Crippen molar-refractivity contribution in [1.29, 1.82) is 0 Å². The van der Waals surface area contributed by atoms with Crippen molar-refractivity contribution in [3.8, 4) is 0 Å². The Kier molecular flexibility index (Phi) is 27.1. The van der Waals surface area contributed by atoms with Crippen LogP contribution in [-0.4, -0.2) is 48.4 Å². The molecule has 0 bridgehead atoms. The topological polar surface area (TPSA) is 130 Å². The molecule has 0 radical (unpaired) electrons. The van der Waals surface area contributed by atoms with Crippen LogP contribution in [0.2, 0.25) is 0 Å². The summed E-state index contributed by atoms with van der Waals surface area (Å²) >= 11 is 0. The Morgan fingerprint density at radius 1 is 0.625 bits per heavy atom. The van der Waals surface area contributed by atoms with E-state index < -0.39 is 19.6 Å². The second kappa shape index (κ2) is 29.2. The number of esters is 2. The molecule has 0 amide bonds. The monoisotopic (exact) mass is 699 g/mol. The Balaban J connectivity index is 2.27. The number of hydrogen-bond acceptors (Lipinski definition) is 8. The highest BCUT2D eigenvalue weighted by molar-refractivity contribution is 7.47. The number of nitrogens with one attached hydrogen (secondary N) is 1. The van der Waals surface area contributed by atoms with Gasteiger partial charge in [0.1, 0.15) is 12.1 Å². The summed E-state index contributed by atoms with van der Waals surface area (Å²) < 4.78 is 33.1. The standard InChI is InChI=1S/C38H70NO8P/c1-4-7-9-11-13-15-17-19-21-23-25-27-29-31-35(40)44-33-38(34-46-48(42,43)45-6-3)37(39-38)47-36(41)32-30-28-26-24-22-20-18-16-14-12-10-8-5-2/h15-18,37,39H,4-14,19-34H2,1-3H3,(H,42,43)/b17-15-,18-16-/t37?,38-/m0/s1. The van der Waals surface area contributed by atoms with Crippen molar-refractivity contribution in [1.82, 2.24) is 5.32 Å². The summed E-state index contributed by atoms with van der Waals surface area (Å²) in [6.07, 6.45) is 34.2. The summed E-state index contributed by atoms with van der Waals surface area (Å²) in [5.74, 6) is -0.704. The van der Waals surface area contributed by atoms with Crippen molar-refractivity contribution >= 4 is 19.8 Å². The lowest BCUT2D eigenvalue weighted by Gasteiger charge is -2.18. The second-order valence-electron chi connectivity index (χ2n) is 13.2. The van der Waals surface area contributed by atoms with E-state index in [2.05, 4.69) is 43.5 Å². The number of hydrogen-bond donors (Lipinski definition) is 2. The Morgan fingerprint density at radius 3 is 1.54 bits per heavy atom. The lowest BCUT2D eigenvalue weighted by atomic mass is 10.1. The van der Waals surface area contributed by atoms with Crippen LogP contribution >= 0.6 is 7.82 Å². The van der Waals surface area contributed by atoms with Crippen LogP contribution in [0.4, 0.5) is 0 Å². The molecule has 1 aliphatic rings. The van der Waals surface area contributed by atoms with E-state index >= 15 is 0 Å². The zero-order chi connectivity index (χ0) is 35.2. The summed E-state index contributed by atoms with van der Waals surface area (Å²) in [4.78, 5) is 34.9. The molecular weight excluding hydrogens is 629 g/mol. The normalized spacial score (nSPS) is 18.8. The van der Waals surface area contributed by atoms with Crippen LogP contribution in [0, 0.1) is 0 Å². The van der Waals surface area contributed by atoms with Gasteiger partial charge in [0.15, 0.2) is 6.23 Å². The van der Waals surface area contributed by atoms with Gasteiger partial charge in [0, 0.05) is 12.8 Å². The Bertz CT molecular complexity index is 926. The van der Waals surface area contributed by atoms with Crippen molar-refractivity contribution in [3.63, 3.8) is 0 Å². The molecule has 1 heterocycles. The van der Waals surface area contributed by atoms with Crippen LogP contribution < -0.4 is 5.32 Å². The van der Waals surface area contributed by atoms with E-state index in [0.717, 1.165) is 77.0 Å². The lowest BCUT2D eigenvalue weighted by molar-refractivity contribution is -0.148. The molecule has 0 aromatic rings. The van der Waals surface area contributed by atoms with Crippen LogP contribution in [0.15, 0.2) is 24.3 Å². The van der Waals surface area contributed by atoms with Crippen molar-refractivity contribution in [2.75, 3.05) is 19.8 Å². The molecule has 1 aliphatic heterocycles. The molecule has 3 atom stereocenters. The molecule has 1 fully saturated rings. The number of carbonyl (C=O) groups excluding carboxylic acids is 2. The van der Waals surface area contributed by atoms with E-state index in [9.17, 15) is 19.0 Å². The van der Waals surface area contributed by atoms with Crippen LogP contribution in [0.1, 0.15) is 175 Å². The summed E-state index contributed by atoms with van der Waals surface area (Å²) in [5, 5.41) is 3.00. The molecule has 9 nitrogen and oxygen atoms in total. The van der Waals surface area contributed by atoms with Crippen molar-refractivity contribution in [2.45, 2.75) is 187 Å². The lowest BCUT2D eigenvalue weighted by Crippen LogP contribution is -2.33. The van der Waals surface area contributed by atoms with E-state index in [4.69, 9.17) is 18.5 Å². The van der Waals surface area contributed by atoms with E-state index in [1.165, 1.54) is 64.2 Å². The summed E-state index contributed by atoms with van der Waals surface area (Å²) in [5.41, 5.74) is -1.08. The third-order valence-corrected chi connectivity index (χ3v) is 9.68. The fraction of sp³-hybridized carbons (Fsp3) is 0.842. The first-order valence-corrected chi connectivity index (χ1v) is 20.8. The van der Waals surface area contributed by atoms with Crippen LogP contribution in [-0.2, 0) is 32.7 Å². The third kappa shape index (κ3) is 24.6. The predicted octanol–water partition coefficient (Wildman–Crippen LogP) is 10.4. The molecule has 0 spiro atoms. The fourth-order valence-electron chi connectivity index (χ4n) is 5.48. The molecule has 2 unspecified atom stereocenters. The minimum Gasteiger partial charge on any atom is -0.463 e. The fourth-order valence-corrected chi connectivity index (χ4v) is 6.27. The number of ether oxygens (including phenoxy) is 2. The minimum atomic E-state index is -4.27. The molecule has 280 valence electrons. The molecule has 0 saturated carbocycles. The second-order valence-corrected chi connectivity index (χ2v) is 14.7. The van der Waals surface area contributed by atoms with Crippen LogP contribution in [0.5, 0.6) is 0 Å². The maximum absolute atomic E-state index is 12.5. The average molecular weight is 700 g/mol. The van der Waals surface area contributed by atoms with E-state index in [-0.39, 0.29) is 31.8 Å². The highest BCUT2D eigenvalue weighted by atomic mass is 31.2. The molecular formula is C38H70NO8P. The zero-order valence-corrected chi connectivity index (χ0v) is 31.6. The quantitative estimate of drug-likeness (QED) is 0.0221. The summed E-state index contributed by atoms with van der Waals surface area (Å²) in [6.45, 7) is 5.63. The zero-order valence-electron chi connectivity index (χ0n) is 30.7. The van der Waals surface area contributed by atoms with Crippen molar-refractivity contribution in [2.24, 2.45) is 0 Å². The first kappa shape index (κ1) is 44.5. The number of phosphoric acid groups is 1. The van der Waals surface area contributed by atoms with Gasteiger partial charge in [-0.05, 0) is 71.1 Å². The molecule has 10 heteroatoms. The summed E-state index contributed by atoms with van der Waals surface area (Å²) in [6, 6.07) is 0. The Hall–Kier alpha value is -1.51. The first-order valence-electron chi connectivity index (χ1n) is 19.3. The number of carbonyl (C=O) groups is 2. The highest BCUT2D eigenvalue weighted by Crippen LogP contribution is 2.45. The molecule has 0 aromatic carbocycles. The molecule has 1 rings (SSSR count). The Labute approximate surface area is 293 Å². The van der Waals surface area contributed by atoms with Crippen molar-refractivity contribution < 1.29 is 37.6 Å². The maximum atomic E-state index is 12.5.